The molecule has 1 aliphatic heterocycles. The number of allylic oxidation sites excluding steroid dienone is 4. The zero-order valence-corrected chi connectivity index (χ0v) is 8.12. The molecule has 0 unspecified atom stereocenters. The van der Waals surface area contributed by atoms with Crippen LogP contribution in [0.3, 0.4) is 0 Å². The molecule has 0 saturated heterocycles. The molecule has 0 aromatic heterocycles. The zero-order valence-electron chi connectivity index (χ0n) is 8.12. The smallest absolute Gasteiger partial charge is 0.0362 e. The van der Waals surface area contributed by atoms with Crippen molar-refractivity contribution in [1.29, 1.82) is 0 Å². The highest BCUT2D eigenvalue weighted by atomic mass is 15.2. The molecule has 1 rings (SSSR count). The predicted molar refractivity (Wildman–Crippen MR) is 53.9 cm³/mol. The molecule has 0 aromatic rings. The van der Waals surface area contributed by atoms with Crippen LogP contribution in [-0.4, -0.2) is 17.0 Å². The first kappa shape index (κ1) is 9.11. The lowest BCUT2D eigenvalue weighted by Gasteiger charge is -2.34. The molecular weight excluding hydrogens is 146 g/mol. The van der Waals surface area contributed by atoms with E-state index in [-0.39, 0.29) is 5.54 Å². The van der Waals surface area contributed by atoms with Crippen LogP contribution in [-0.2, 0) is 0 Å². The Labute approximate surface area is 75.1 Å². The van der Waals surface area contributed by atoms with Crippen LogP contribution in [0.25, 0.3) is 0 Å². The van der Waals surface area contributed by atoms with Crippen LogP contribution in [0.5, 0.6) is 0 Å². The van der Waals surface area contributed by atoms with Crippen molar-refractivity contribution < 1.29 is 0 Å². The van der Waals surface area contributed by atoms with Crippen LogP contribution < -0.4 is 0 Å². The number of hydrogen-bond donors (Lipinski definition) is 0. The van der Waals surface area contributed by atoms with Gasteiger partial charge >= 0.3 is 0 Å². The molecule has 66 valence electrons. The Morgan fingerprint density at radius 2 is 1.67 bits per heavy atom. The fraction of sp³-hybridized carbons (Fsp3) is 0.455. The minimum Gasteiger partial charge on any atom is -0.369 e. The monoisotopic (exact) mass is 163 g/mol. The number of rotatable bonds is 0. The van der Waals surface area contributed by atoms with Gasteiger partial charge in [-0.15, -0.1) is 0 Å². The van der Waals surface area contributed by atoms with Crippen molar-refractivity contribution in [2.75, 3.05) is 6.54 Å². The number of nitrogens with zero attached hydrogens (tertiary/aromatic N) is 1. The van der Waals surface area contributed by atoms with E-state index >= 15 is 0 Å². The quantitative estimate of drug-likeness (QED) is 0.530. The van der Waals surface area contributed by atoms with Crippen LogP contribution in [0.4, 0.5) is 0 Å². The molecule has 0 aromatic carbocycles. The summed E-state index contributed by atoms with van der Waals surface area (Å²) >= 11 is 0. The van der Waals surface area contributed by atoms with Gasteiger partial charge in [0, 0.05) is 12.1 Å². The summed E-state index contributed by atoms with van der Waals surface area (Å²) < 4.78 is 0. The van der Waals surface area contributed by atoms with Crippen LogP contribution in [0.2, 0.25) is 0 Å². The van der Waals surface area contributed by atoms with Crippen molar-refractivity contribution in [2.24, 2.45) is 0 Å². The van der Waals surface area contributed by atoms with Crippen LogP contribution >= 0.6 is 0 Å². The molecule has 0 radical (unpaired) electrons. The fourth-order valence-electron chi connectivity index (χ4n) is 1.09. The molecule has 0 saturated carbocycles. The van der Waals surface area contributed by atoms with Crippen LogP contribution in [0.15, 0.2) is 36.6 Å². The Bertz CT molecular complexity index is 216. The third-order valence-electron chi connectivity index (χ3n) is 1.90. The van der Waals surface area contributed by atoms with Gasteiger partial charge in [0.05, 0.1) is 0 Å². The Morgan fingerprint density at radius 3 is 2.33 bits per heavy atom. The van der Waals surface area contributed by atoms with Crippen LogP contribution in [0.1, 0.15) is 20.8 Å². The van der Waals surface area contributed by atoms with Gasteiger partial charge in [0.25, 0.3) is 0 Å². The lowest BCUT2D eigenvalue weighted by molar-refractivity contribution is 0.226. The Balaban J connectivity index is 2.72. The van der Waals surface area contributed by atoms with E-state index in [0.29, 0.717) is 0 Å². The van der Waals surface area contributed by atoms with E-state index in [1.165, 1.54) is 0 Å². The highest BCUT2D eigenvalue weighted by Gasteiger charge is 2.15. The van der Waals surface area contributed by atoms with Gasteiger partial charge in [-0.05, 0) is 33.0 Å². The van der Waals surface area contributed by atoms with Crippen LogP contribution in [0, 0.1) is 0 Å². The van der Waals surface area contributed by atoms with Crippen molar-refractivity contribution in [2.45, 2.75) is 26.3 Å². The summed E-state index contributed by atoms with van der Waals surface area (Å²) in [6, 6.07) is 0. The van der Waals surface area contributed by atoms with E-state index in [1.54, 1.807) is 0 Å². The van der Waals surface area contributed by atoms with Gasteiger partial charge in [0.2, 0.25) is 0 Å². The summed E-state index contributed by atoms with van der Waals surface area (Å²) in [6.07, 6.45) is 12.6. The normalized spacial score (nSPS) is 25.8. The maximum atomic E-state index is 2.31. The third-order valence-corrected chi connectivity index (χ3v) is 1.90. The van der Waals surface area contributed by atoms with Crippen molar-refractivity contribution in [3.63, 3.8) is 0 Å². The van der Waals surface area contributed by atoms with Gasteiger partial charge in [-0.25, -0.2) is 0 Å². The Morgan fingerprint density at radius 1 is 1.00 bits per heavy atom. The molecular formula is C11H17N. The molecule has 0 aliphatic carbocycles. The second kappa shape index (κ2) is 3.61. The van der Waals surface area contributed by atoms with Crippen molar-refractivity contribution in [1.82, 2.24) is 4.90 Å². The molecule has 1 heterocycles. The summed E-state index contributed by atoms with van der Waals surface area (Å²) in [6.45, 7) is 7.65. The third kappa shape index (κ3) is 2.57. The summed E-state index contributed by atoms with van der Waals surface area (Å²) in [7, 11) is 0. The maximum Gasteiger partial charge on any atom is 0.0362 e. The molecule has 1 heteroatoms. The Kier molecular flexibility index (Phi) is 2.74. The second-order valence-electron chi connectivity index (χ2n) is 3.98. The first-order valence-electron chi connectivity index (χ1n) is 4.37. The minimum atomic E-state index is 0.214. The van der Waals surface area contributed by atoms with E-state index in [4.69, 9.17) is 0 Å². The average molecular weight is 163 g/mol. The van der Waals surface area contributed by atoms with Crippen molar-refractivity contribution >= 4 is 0 Å². The molecule has 0 amide bonds. The van der Waals surface area contributed by atoms with E-state index < -0.39 is 0 Å². The van der Waals surface area contributed by atoms with Gasteiger partial charge < -0.3 is 4.90 Å². The largest absolute Gasteiger partial charge is 0.369 e. The topological polar surface area (TPSA) is 3.24 Å². The molecule has 0 N–H and O–H groups in total. The minimum absolute atomic E-state index is 0.214. The van der Waals surface area contributed by atoms with E-state index in [0.717, 1.165) is 6.54 Å². The first-order valence-corrected chi connectivity index (χ1v) is 4.37. The summed E-state index contributed by atoms with van der Waals surface area (Å²) in [5.74, 6) is 0. The molecule has 1 aliphatic rings. The summed E-state index contributed by atoms with van der Waals surface area (Å²) in [5.41, 5.74) is 0.214. The maximum absolute atomic E-state index is 2.31. The molecule has 0 spiro atoms. The van der Waals surface area contributed by atoms with Gasteiger partial charge in [-0.1, -0.05) is 24.3 Å². The lowest BCUT2D eigenvalue weighted by Crippen LogP contribution is -2.37. The van der Waals surface area contributed by atoms with E-state index in [2.05, 4.69) is 62.3 Å². The average Bonchev–Trinajstić information content (AvgIpc) is 1.81. The van der Waals surface area contributed by atoms with Crippen molar-refractivity contribution in [3.05, 3.63) is 36.6 Å². The van der Waals surface area contributed by atoms with Gasteiger partial charge in [0.1, 0.15) is 0 Å². The first-order chi connectivity index (χ1) is 5.61. The second-order valence-corrected chi connectivity index (χ2v) is 3.98. The van der Waals surface area contributed by atoms with Gasteiger partial charge in [0.15, 0.2) is 0 Å². The zero-order chi connectivity index (χ0) is 9.03. The molecule has 1 nitrogen and oxygen atoms in total. The molecule has 0 bridgehead atoms. The molecule has 0 fully saturated rings. The molecule has 12 heavy (non-hydrogen) atoms. The highest BCUT2D eigenvalue weighted by Crippen LogP contribution is 2.14. The lowest BCUT2D eigenvalue weighted by atomic mass is 10.1. The molecule has 0 atom stereocenters. The van der Waals surface area contributed by atoms with E-state index in [1.807, 2.05) is 0 Å². The number of hydrogen-bond acceptors (Lipinski definition) is 1. The Hall–Kier alpha value is -0.980. The van der Waals surface area contributed by atoms with Crippen molar-refractivity contribution in [3.8, 4) is 0 Å². The van der Waals surface area contributed by atoms with E-state index in [9.17, 15) is 0 Å². The highest BCUT2D eigenvalue weighted by molar-refractivity contribution is 5.14. The predicted octanol–water partition coefficient (Wildman–Crippen LogP) is 2.73. The summed E-state index contributed by atoms with van der Waals surface area (Å²) in [5, 5.41) is 0. The van der Waals surface area contributed by atoms with Gasteiger partial charge in [-0.3, -0.25) is 0 Å². The fourth-order valence-corrected chi connectivity index (χ4v) is 1.09. The SMILES string of the molecule is CC(C)(C)N1\C=C/C=C\C=C/C1. The summed E-state index contributed by atoms with van der Waals surface area (Å²) in [4.78, 5) is 2.31. The van der Waals surface area contributed by atoms with Gasteiger partial charge in [-0.2, -0.15) is 0 Å². The standard InChI is InChI=1S/C11H17N/c1-11(2,3)12-9-7-5-4-6-8-10-12/h4-9H,10H2,1-3H3/b5-4-,8-6-,9-7-.